The Balaban J connectivity index is 1.63. The summed E-state index contributed by atoms with van der Waals surface area (Å²) in [5.41, 5.74) is 3.16. The fraction of sp³-hybridized carbons (Fsp3) is 0.480. The molecule has 0 radical (unpaired) electrons. The summed E-state index contributed by atoms with van der Waals surface area (Å²) in [5.74, 6) is -0.0946. The van der Waals surface area contributed by atoms with E-state index >= 15 is 0 Å². The fourth-order valence-electron chi connectivity index (χ4n) is 5.00. The fourth-order valence-corrected chi connectivity index (χ4v) is 5.44. The first kappa shape index (κ1) is 22.6. The first-order valence-electron chi connectivity index (χ1n) is 11.1. The molecule has 0 bridgehead atoms. The first-order valence-corrected chi connectivity index (χ1v) is 11.9. The molecule has 0 aromatic heterocycles. The van der Waals surface area contributed by atoms with Gasteiger partial charge in [0.15, 0.2) is 0 Å². The van der Waals surface area contributed by atoms with Crippen molar-refractivity contribution in [3.8, 4) is 0 Å². The summed E-state index contributed by atoms with van der Waals surface area (Å²) in [6.45, 7) is 2.23. The molecule has 166 valence electrons. The molecule has 0 spiro atoms. The van der Waals surface area contributed by atoms with Crippen molar-refractivity contribution in [2.75, 3.05) is 26.7 Å². The molecule has 4 rings (SSSR count). The molecule has 1 heterocycles. The van der Waals surface area contributed by atoms with Crippen LogP contribution >= 0.6 is 23.2 Å². The monoisotopic (exact) mass is 460 g/mol. The van der Waals surface area contributed by atoms with E-state index in [0.29, 0.717) is 23.1 Å². The number of likely N-dealkylation sites (tertiary alicyclic amines) is 1. The minimum Gasteiger partial charge on any atom is -0.392 e. The third kappa shape index (κ3) is 4.93. The van der Waals surface area contributed by atoms with Crippen molar-refractivity contribution >= 4 is 29.1 Å². The average molecular weight is 461 g/mol. The Morgan fingerprint density at radius 2 is 1.94 bits per heavy atom. The van der Waals surface area contributed by atoms with Gasteiger partial charge in [0.25, 0.3) is 0 Å². The molecule has 6 heteroatoms. The zero-order valence-electron chi connectivity index (χ0n) is 17.9. The number of amides is 1. The number of rotatable bonds is 5. The second kappa shape index (κ2) is 9.91. The van der Waals surface area contributed by atoms with E-state index < -0.39 is 0 Å². The Kier molecular flexibility index (Phi) is 7.22. The molecule has 1 saturated heterocycles. The first-order chi connectivity index (χ1) is 15.0. The Hall–Kier alpha value is -1.59. The van der Waals surface area contributed by atoms with E-state index in [0.717, 1.165) is 55.3 Å². The number of aliphatic hydroxyl groups excluding tert-OH is 1. The number of benzene rings is 2. The highest BCUT2D eigenvalue weighted by atomic mass is 35.5. The highest BCUT2D eigenvalue weighted by Gasteiger charge is 2.34. The molecule has 1 fully saturated rings. The van der Waals surface area contributed by atoms with Gasteiger partial charge in [0.2, 0.25) is 5.91 Å². The summed E-state index contributed by atoms with van der Waals surface area (Å²) >= 11 is 12.8. The summed E-state index contributed by atoms with van der Waals surface area (Å²) in [4.78, 5) is 18.0. The highest BCUT2D eigenvalue weighted by molar-refractivity contribution is 6.42. The molecule has 2 aromatic rings. The number of hydrogen-bond donors (Lipinski definition) is 1. The van der Waals surface area contributed by atoms with Crippen molar-refractivity contribution in [3.05, 3.63) is 69.2 Å². The van der Waals surface area contributed by atoms with Crippen LogP contribution in [0.1, 0.15) is 54.3 Å². The molecular weight excluding hydrogens is 431 g/mol. The smallest absolute Gasteiger partial charge is 0.230 e. The van der Waals surface area contributed by atoms with Gasteiger partial charge in [-0.1, -0.05) is 66.0 Å². The van der Waals surface area contributed by atoms with Gasteiger partial charge in [0.1, 0.15) is 0 Å². The van der Waals surface area contributed by atoms with Crippen LogP contribution < -0.4 is 0 Å². The van der Waals surface area contributed by atoms with Crippen LogP contribution in [0, 0.1) is 0 Å². The molecule has 1 aliphatic carbocycles. The summed E-state index contributed by atoms with van der Waals surface area (Å²) in [7, 11) is 1.91. The van der Waals surface area contributed by atoms with Crippen LogP contribution in [0.5, 0.6) is 0 Å². The van der Waals surface area contributed by atoms with Gasteiger partial charge in [0, 0.05) is 26.7 Å². The second-order valence-electron chi connectivity index (χ2n) is 8.81. The summed E-state index contributed by atoms with van der Waals surface area (Å²) in [6.07, 6.45) is 4.18. The zero-order valence-corrected chi connectivity index (χ0v) is 19.4. The quantitative estimate of drug-likeness (QED) is 0.633. The summed E-state index contributed by atoms with van der Waals surface area (Å²) in [5, 5.41) is 11.1. The topological polar surface area (TPSA) is 43.8 Å². The molecular formula is C25H30Cl2N2O2. The molecule has 2 aliphatic rings. The number of nitrogens with zero attached hydrogens (tertiary/aromatic N) is 2. The van der Waals surface area contributed by atoms with Crippen LogP contribution in [-0.4, -0.2) is 53.6 Å². The van der Waals surface area contributed by atoms with Crippen LogP contribution in [0.25, 0.3) is 0 Å². The standard InChI is InChI=1S/C25H30Cl2N2O2/c1-28(23(17-7-3-2-4-8-17)16-29-14-13-18(30)15-29)25(31)21-10-6-5-9-20-19(21)11-12-22(26)24(20)27/h2-4,7-8,11-12,18,21,23,30H,5-6,9-10,13-16H2,1H3. The zero-order chi connectivity index (χ0) is 22.0. The lowest BCUT2D eigenvalue weighted by atomic mass is 9.90. The van der Waals surface area contributed by atoms with Crippen molar-refractivity contribution in [2.45, 2.75) is 50.2 Å². The molecule has 0 saturated carbocycles. The minimum absolute atomic E-state index is 0.0755. The van der Waals surface area contributed by atoms with Crippen molar-refractivity contribution in [1.29, 1.82) is 0 Å². The lowest BCUT2D eigenvalue weighted by molar-refractivity contribution is -0.134. The molecule has 3 unspecified atom stereocenters. The Labute approximate surface area is 194 Å². The van der Waals surface area contributed by atoms with Gasteiger partial charge in [0.05, 0.1) is 28.1 Å². The predicted molar refractivity (Wildman–Crippen MR) is 126 cm³/mol. The van der Waals surface area contributed by atoms with E-state index in [1.165, 1.54) is 0 Å². The normalized spacial score (nSPS) is 22.6. The second-order valence-corrected chi connectivity index (χ2v) is 9.59. The number of carbonyl (C=O) groups excluding carboxylic acids is 1. The van der Waals surface area contributed by atoms with Crippen LogP contribution in [0.4, 0.5) is 0 Å². The van der Waals surface area contributed by atoms with Crippen LogP contribution in [0.3, 0.4) is 0 Å². The van der Waals surface area contributed by atoms with E-state index in [1.54, 1.807) is 0 Å². The van der Waals surface area contributed by atoms with Crippen molar-refractivity contribution in [1.82, 2.24) is 9.80 Å². The van der Waals surface area contributed by atoms with Gasteiger partial charge in [-0.05, 0) is 48.4 Å². The molecule has 2 aromatic carbocycles. The Morgan fingerprint density at radius 1 is 1.16 bits per heavy atom. The van der Waals surface area contributed by atoms with E-state index in [4.69, 9.17) is 23.2 Å². The van der Waals surface area contributed by atoms with Crippen LogP contribution in [0.2, 0.25) is 10.0 Å². The third-order valence-electron chi connectivity index (χ3n) is 6.75. The van der Waals surface area contributed by atoms with Crippen LogP contribution in [0.15, 0.2) is 42.5 Å². The van der Waals surface area contributed by atoms with E-state index in [9.17, 15) is 9.90 Å². The maximum Gasteiger partial charge on any atom is 0.230 e. The number of fused-ring (bicyclic) bond motifs is 1. The van der Waals surface area contributed by atoms with Gasteiger partial charge >= 0.3 is 0 Å². The lowest BCUT2D eigenvalue weighted by Crippen LogP contribution is -2.41. The average Bonchev–Trinajstić information content (AvgIpc) is 3.07. The van der Waals surface area contributed by atoms with Gasteiger partial charge < -0.3 is 10.0 Å². The molecule has 1 N–H and O–H groups in total. The maximum atomic E-state index is 13.8. The SMILES string of the molecule is CN(C(=O)C1CCCCc2c1ccc(Cl)c2Cl)C(CN1CCC(O)C1)c1ccccc1. The number of likely N-dealkylation sites (N-methyl/N-ethyl adjacent to an activating group) is 1. The van der Waals surface area contributed by atoms with E-state index in [1.807, 2.05) is 42.3 Å². The van der Waals surface area contributed by atoms with Gasteiger partial charge in [-0.25, -0.2) is 0 Å². The lowest BCUT2D eigenvalue weighted by Gasteiger charge is -2.34. The minimum atomic E-state index is -0.280. The van der Waals surface area contributed by atoms with E-state index in [2.05, 4.69) is 17.0 Å². The highest BCUT2D eigenvalue weighted by Crippen LogP contribution is 2.39. The number of carbonyl (C=O) groups is 1. The molecule has 3 atom stereocenters. The molecule has 4 nitrogen and oxygen atoms in total. The molecule has 1 amide bonds. The Bertz CT molecular complexity index is 921. The number of aliphatic hydroxyl groups is 1. The maximum absolute atomic E-state index is 13.8. The summed E-state index contributed by atoms with van der Waals surface area (Å²) < 4.78 is 0. The van der Waals surface area contributed by atoms with Gasteiger partial charge in [-0.2, -0.15) is 0 Å². The summed E-state index contributed by atoms with van der Waals surface area (Å²) in [6, 6.07) is 13.9. The van der Waals surface area contributed by atoms with Gasteiger partial charge in [-0.15, -0.1) is 0 Å². The number of hydrogen-bond acceptors (Lipinski definition) is 3. The van der Waals surface area contributed by atoms with Crippen LogP contribution in [-0.2, 0) is 11.2 Å². The molecule has 31 heavy (non-hydrogen) atoms. The van der Waals surface area contributed by atoms with Crippen molar-refractivity contribution in [2.24, 2.45) is 0 Å². The Morgan fingerprint density at radius 3 is 2.65 bits per heavy atom. The van der Waals surface area contributed by atoms with Crippen molar-refractivity contribution in [3.63, 3.8) is 0 Å². The number of β-amino-alcohol motifs (C(OH)–C–C–N with tert-alkyl or cyclic N) is 1. The predicted octanol–water partition coefficient (Wildman–Crippen LogP) is 5.07. The van der Waals surface area contributed by atoms with Gasteiger partial charge in [-0.3, -0.25) is 9.69 Å². The molecule has 1 aliphatic heterocycles. The third-order valence-corrected chi connectivity index (χ3v) is 7.60. The van der Waals surface area contributed by atoms with Crippen molar-refractivity contribution < 1.29 is 9.90 Å². The largest absolute Gasteiger partial charge is 0.392 e. The number of halogens is 2. The van der Waals surface area contributed by atoms with E-state index in [-0.39, 0.29) is 24.0 Å².